The third-order valence-corrected chi connectivity index (χ3v) is 3.79. The zero-order valence-corrected chi connectivity index (χ0v) is 14.5. The van der Waals surface area contributed by atoms with Gasteiger partial charge < -0.3 is 10.6 Å². The fourth-order valence-corrected chi connectivity index (χ4v) is 2.28. The Balaban J connectivity index is 1.75. The molecule has 2 aromatic carbocycles. The van der Waals surface area contributed by atoms with E-state index in [0.29, 0.717) is 17.7 Å². The Bertz CT molecular complexity index is 749. The van der Waals surface area contributed by atoms with Crippen LogP contribution < -0.4 is 10.6 Å². The van der Waals surface area contributed by atoms with E-state index in [0.717, 1.165) is 10.0 Å². The summed E-state index contributed by atoms with van der Waals surface area (Å²) in [7, 11) is 0. The number of nitriles is 1. The van der Waals surface area contributed by atoms with E-state index in [-0.39, 0.29) is 24.8 Å². The minimum atomic E-state index is -0.212. The molecular weight excluding hydrogens is 370 g/mol. The fourth-order valence-electron chi connectivity index (χ4n) is 2.01. The number of nitrogens with one attached hydrogen (secondary N) is 2. The van der Waals surface area contributed by atoms with Crippen LogP contribution in [-0.4, -0.2) is 18.4 Å². The van der Waals surface area contributed by atoms with Crippen molar-refractivity contribution in [1.29, 1.82) is 5.26 Å². The highest BCUT2D eigenvalue weighted by Gasteiger charge is 2.07. The van der Waals surface area contributed by atoms with Gasteiger partial charge in [0.25, 0.3) is 5.91 Å². The molecule has 2 rings (SSSR count). The summed E-state index contributed by atoms with van der Waals surface area (Å²) in [4.78, 5) is 23.8. The molecule has 5 nitrogen and oxygen atoms in total. The number of halogens is 1. The summed E-state index contributed by atoms with van der Waals surface area (Å²) < 4.78 is 0.902. The largest absolute Gasteiger partial charge is 0.352 e. The Hall–Kier alpha value is -2.65. The lowest BCUT2D eigenvalue weighted by atomic mass is 10.1. The van der Waals surface area contributed by atoms with Crippen molar-refractivity contribution in [3.8, 4) is 6.07 Å². The molecule has 2 amide bonds. The maximum Gasteiger partial charge on any atom is 0.251 e. The van der Waals surface area contributed by atoms with Gasteiger partial charge in [-0.15, -0.1) is 0 Å². The van der Waals surface area contributed by atoms with Crippen molar-refractivity contribution in [2.75, 3.05) is 11.9 Å². The molecule has 2 N–H and O–H groups in total. The van der Waals surface area contributed by atoms with Gasteiger partial charge in [0, 0.05) is 28.7 Å². The number of hydrogen-bond acceptors (Lipinski definition) is 3. The van der Waals surface area contributed by atoms with Crippen LogP contribution in [0.5, 0.6) is 0 Å². The molecule has 0 atom stereocenters. The first-order valence-electron chi connectivity index (χ1n) is 7.38. The zero-order chi connectivity index (χ0) is 17.4. The first-order chi connectivity index (χ1) is 11.6. The summed E-state index contributed by atoms with van der Waals surface area (Å²) in [6.45, 7) is 0.257. The average molecular weight is 386 g/mol. The second kappa shape index (κ2) is 8.85. The van der Waals surface area contributed by atoms with Crippen LogP contribution in [0.2, 0.25) is 0 Å². The lowest BCUT2D eigenvalue weighted by Crippen LogP contribution is -2.27. The summed E-state index contributed by atoms with van der Waals surface area (Å²) in [6, 6.07) is 16.2. The summed E-state index contributed by atoms with van der Waals surface area (Å²) in [6.07, 6.45) is 0.526. The normalized spacial score (nSPS) is 9.83. The maximum atomic E-state index is 11.9. The molecule has 2 aromatic rings. The van der Waals surface area contributed by atoms with Crippen molar-refractivity contribution in [2.24, 2.45) is 0 Å². The Labute approximate surface area is 148 Å². The minimum Gasteiger partial charge on any atom is -0.352 e. The average Bonchev–Trinajstić information content (AvgIpc) is 2.57. The van der Waals surface area contributed by atoms with Gasteiger partial charge in [0.05, 0.1) is 12.5 Å². The van der Waals surface area contributed by atoms with Crippen LogP contribution in [0.4, 0.5) is 5.69 Å². The molecule has 0 fully saturated rings. The van der Waals surface area contributed by atoms with E-state index in [1.54, 1.807) is 48.5 Å². The third-order valence-electron chi connectivity index (χ3n) is 3.26. The monoisotopic (exact) mass is 385 g/mol. The fraction of sp³-hybridized carbons (Fsp3) is 0.167. The van der Waals surface area contributed by atoms with Crippen molar-refractivity contribution in [2.45, 2.75) is 12.8 Å². The Morgan fingerprint density at radius 1 is 1.04 bits per heavy atom. The van der Waals surface area contributed by atoms with Crippen LogP contribution in [0.1, 0.15) is 22.3 Å². The lowest BCUT2D eigenvalue weighted by Gasteiger charge is -2.07. The molecule has 0 spiro atoms. The predicted octanol–water partition coefficient (Wildman–Crippen LogP) is 3.27. The highest BCUT2D eigenvalue weighted by Crippen LogP contribution is 2.11. The topological polar surface area (TPSA) is 82.0 Å². The number of hydrogen-bond donors (Lipinski definition) is 2. The van der Waals surface area contributed by atoms with Gasteiger partial charge in [-0.3, -0.25) is 9.59 Å². The molecule has 122 valence electrons. The molecule has 0 heterocycles. The van der Waals surface area contributed by atoms with Gasteiger partial charge in [-0.25, -0.2) is 0 Å². The van der Waals surface area contributed by atoms with Gasteiger partial charge in [-0.2, -0.15) is 5.26 Å². The Morgan fingerprint density at radius 3 is 2.33 bits per heavy atom. The smallest absolute Gasteiger partial charge is 0.251 e. The van der Waals surface area contributed by atoms with E-state index in [2.05, 4.69) is 32.6 Å². The lowest BCUT2D eigenvalue weighted by molar-refractivity contribution is -0.116. The van der Waals surface area contributed by atoms with Gasteiger partial charge in [0.1, 0.15) is 0 Å². The van der Waals surface area contributed by atoms with Gasteiger partial charge in [0.2, 0.25) is 5.91 Å². The quantitative estimate of drug-likeness (QED) is 0.800. The van der Waals surface area contributed by atoms with E-state index >= 15 is 0 Å². The summed E-state index contributed by atoms with van der Waals surface area (Å²) in [5.41, 5.74) is 2.12. The van der Waals surface area contributed by atoms with Crippen molar-refractivity contribution in [3.05, 3.63) is 64.1 Å². The van der Waals surface area contributed by atoms with Crippen molar-refractivity contribution < 1.29 is 9.59 Å². The van der Waals surface area contributed by atoms with Crippen LogP contribution in [0.15, 0.2) is 53.0 Å². The molecule has 0 aliphatic rings. The SMILES string of the molecule is N#CCc1ccc(NC(=O)CCNC(=O)c2ccc(Br)cc2)cc1. The Kier molecular flexibility index (Phi) is 6.52. The molecular formula is C18H16BrN3O2. The summed E-state index contributed by atoms with van der Waals surface area (Å²) >= 11 is 3.31. The number of carbonyl (C=O) groups excluding carboxylic acids is 2. The van der Waals surface area contributed by atoms with E-state index in [1.165, 1.54) is 0 Å². The van der Waals surface area contributed by atoms with Crippen LogP contribution in [-0.2, 0) is 11.2 Å². The van der Waals surface area contributed by atoms with Gasteiger partial charge in [0.15, 0.2) is 0 Å². The van der Waals surface area contributed by atoms with Crippen LogP contribution in [0, 0.1) is 11.3 Å². The highest BCUT2D eigenvalue weighted by molar-refractivity contribution is 9.10. The molecule has 0 aliphatic heterocycles. The van der Waals surface area contributed by atoms with E-state index in [1.807, 2.05) is 0 Å². The summed E-state index contributed by atoms with van der Waals surface area (Å²) in [5.74, 6) is -0.393. The van der Waals surface area contributed by atoms with Crippen molar-refractivity contribution >= 4 is 33.4 Å². The molecule has 0 saturated heterocycles. The number of anilines is 1. The first-order valence-corrected chi connectivity index (χ1v) is 8.17. The Morgan fingerprint density at radius 2 is 1.71 bits per heavy atom. The molecule has 0 bridgehead atoms. The van der Waals surface area contributed by atoms with Crippen LogP contribution in [0.25, 0.3) is 0 Å². The first kappa shape index (κ1) is 17.7. The molecule has 0 radical (unpaired) electrons. The van der Waals surface area contributed by atoms with E-state index in [4.69, 9.17) is 5.26 Å². The number of rotatable bonds is 6. The van der Waals surface area contributed by atoms with Crippen molar-refractivity contribution in [3.63, 3.8) is 0 Å². The second-order valence-electron chi connectivity index (χ2n) is 5.09. The van der Waals surface area contributed by atoms with E-state index in [9.17, 15) is 9.59 Å². The number of benzene rings is 2. The molecule has 0 aromatic heterocycles. The van der Waals surface area contributed by atoms with Gasteiger partial charge in [-0.1, -0.05) is 28.1 Å². The predicted molar refractivity (Wildman–Crippen MR) is 95.5 cm³/mol. The standard InChI is InChI=1S/C18H16BrN3O2/c19-15-5-3-14(4-6-15)18(24)21-12-10-17(23)22-16-7-1-13(2-8-16)9-11-20/h1-8H,9-10,12H2,(H,21,24)(H,22,23). The summed E-state index contributed by atoms with van der Waals surface area (Å²) in [5, 5.41) is 14.1. The third kappa shape index (κ3) is 5.52. The highest BCUT2D eigenvalue weighted by atomic mass is 79.9. The van der Waals surface area contributed by atoms with Gasteiger partial charge in [-0.05, 0) is 42.0 Å². The maximum absolute atomic E-state index is 11.9. The van der Waals surface area contributed by atoms with E-state index < -0.39 is 0 Å². The second-order valence-corrected chi connectivity index (χ2v) is 6.01. The number of carbonyl (C=O) groups is 2. The molecule has 24 heavy (non-hydrogen) atoms. The van der Waals surface area contributed by atoms with Crippen LogP contribution in [0.3, 0.4) is 0 Å². The number of nitrogens with zero attached hydrogens (tertiary/aromatic N) is 1. The van der Waals surface area contributed by atoms with Gasteiger partial charge >= 0.3 is 0 Å². The van der Waals surface area contributed by atoms with Crippen LogP contribution >= 0.6 is 15.9 Å². The molecule has 6 heteroatoms. The molecule has 0 saturated carbocycles. The van der Waals surface area contributed by atoms with Crippen molar-refractivity contribution in [1.82, 2.24) is 5.32 Å². The molecule has 0 aliphatic carbocycles. The number of amides is 2. The zero-order valence-electron chi connectivity index (χ0n) is 12.9. The molecule has 0 unspecified atom stereocenters. The minimum absolute atomic E-state index is 0.181.